The third-order valence-electron chi connectivity index (χ3n) is 2.78. The molecule has 0 fully saturated rings. The maximum atomic E-state index is 12.1. The third-order valence-corrected chi connectivity index (χ3v) is 3.08. The predicted octanol–water partition coefficient (Wildman–Crippen LogP) is 1.90. The van der Waals surface area contributed by atoms with E-state index in [-0.39, 0.29) is 10.8 Å². The van der Waals surface area contributed by atoms with Gasteiger partial charge in [0.1, 0.15) is 5.75 Å². The average Bonchev–Trinajstić information content (AvgIpc) is 2.81. The Bertz CT molecular complexity index is 747. The summed E-state index contributed by atoms with van der Waals surface area (Å²) in [5.41, 5.74) is 3.13. The van der Waals surface area contributed by atoms with E-state index in [1.807, 2.05) is 6.92 Å². The van der Waals surface area contributed by atoms with E-state index in [0.29, 0.717) is 18.0 Å². The molecule has 4 N–H and O–H groups in total. The lowest BCUT2D eigenvalue weighted by atomic mass is 10.3. The summed E-state index contributed by atoms with van der Waals surface area (Å²) in [4.78, 5) is 12.1. The van der Waals surface area contributed by atoms with E-state index in [1.165, 1.54) is 0 Å². The van der Waals surface area contributed by atoms with E-state index in [0.717, 1.165) is 10.4 Å². The number of aryl methyl sites for hydroxylation is 1. The number of hydrazine groups is 1. The zero-order chi connectivity index (χ0) is 16.1. The number of nitrogens with zero attached hydrogens (tertiary/aromatic N) is 3. The molecular weight excluding hydrogens is 304 g/mol. The zero-order valence-electron chi connectivity index (χ0n) is 12.2. The number of thiocarbonyl (C=S) groups is 1. The van der Waals surface area contributed by atoms with Crippen LogP contribution in [0.3, 0.4) is 0 Å². The normalized spacial score (nSPS) is 10.9. The molecule has 8 nitrogen and oxygen atoms in total. The fraction of sp³-hybridized carbons (Fsp3) is 0.231. The highest BCUT2D eigenvalue weighted by Crippen LogP contribution is 2.21. The van der Waals surface area contributed by atoms with Gasteiger partial charge in [0.2, 0.25) is 5.11 Å². The number of benzene rings is 1. The van der Waals surface area contributed by atoms with Crippen molar-refractivity contribution in [2.75, 3.05) is 6.61 Å². The topological polar surface area (TPSA) is 110 Å². The average molecular weight is 320 g/mol. The molecule has 1 heterocycles. The largest absolute Gasteiger partial charge is 0.494 e. The van der Waals surface area contributed by atoms with Crippen molar-refractivity contribution in [3.8, 4) is 5.75 Å². The Hall–Kier alpha value is -2.52. The first-order valence-corrected chi connectivity index (χ1v) is 6.94. The molecule has 0 atom stereocenters. The lowest BCUT2D eigenvalue weighted by molar-refractivity contribution is 0.340. The maximum absolute atomic E-state index is 12.1. The Kier molecular flexibility index (Phi) is 5.02. The van der Waals surface area contributed by atoms with E-state index < -0.39 is 5.56 Å². The van der Waals surface area contributed by atoms with E-state index in [9.17, 15) is 4.79 Å². The molecule has 0 aliphatic heterocycles. The summed E-state index contributed by atoms with van der Waals surface area (Å²) in [6.07, 6.45) is 0. The van der Waals surface area contributed by atoms with Gasteiger partial charge in [-0.3, -0.25) is 15.3 Å². The number of nitrogens with one attached hydrogen (secondary N) is 2. The highest BCUT2D eigenvalue weighted by Gasteiger charge is 2.12. The van der Waals surface area contributed by atoms with Gasteiger partial charge >= 0.3 is 5.56 Å². The van der Waals surface area contributed by atoms with Crippen molar-refractivity contribution in [1.29, 1.82) is 0 Å². The van der Waals surface area contributed by atoms with Gasteiger partial charge in [-0.25, -0.2) is 5.84 Å². The zero-order valence-corrected chi connectivity index (χ0v) is 13.0. The van der Waals surface area contributed by atoms with Crippen LogP contribution in [0.4, 0.5) is 11.4 Å². The van der Waals surface area contributed by atoms with Crippen molar-refractivity contribution in [2.45, 2.75) is 13.8 Å². The van der Waals surface area contributed by atoms with Gasteiger partial charge in [-0.2, -0.15) is 9.80 Å². The number of aromatic nitrogens is 2. The molecule has 2 rings (SSSR count). The fourth-order valence-corrected chi connectivity index (χ4v) is 1.88. The fourth-order valence-electron chi connectivity index (χ4n) is 1.75. The first-order valence-electron chi connectivity index (χ1n) is 6.54. The number of nitrogens with two attached hydrogens (primary N) is 1. The third kappa shape index (κ3) is 3.38. The minimum Gasteiger partial charge on any atom is -0.494 e. The number of hydrogen-bond acceptors (Lipinski definition) is 6. The highest BCUT2D eigenvalue weighted by atomic mass is 32.1. The Morgan fingerprint density at radius 1 is 1.41 bits per heavy atom. The quantitative estimate of drug-likeness (QED) is 0.345. The summed E-state index contributed by atoms with van der Waals surface area (Å²) in [7, 11) is 0. The van der Waals surface area contributed by atoms with Crippen LogP contribution in [0.5, 0.6) is 5.75 Å². The molecule has 0 bridgehead atoms. The van der Waals surface area contributed by atoms with Crippen LogP contribution < -0.4 is 21.6 Å². The van der Waals surface area contributed by atoms with Crippen LogP contribution in [0.2, 0.25) is 0 Å². The van der Waals surface area contributed by atoms with Crippen LogP contribution in [0, 0.1) is 6.92 Å². The van der Waals surface area contributed by atoms with Gasteiger partial charge < -0.3 is 4.74 Å². The molecule has 0 spiro atoms. The lowest BCUT2D eigenvalue weighted by Gasteiger charge is -2.01. The SMILES string of the molecule is CCOc1ccc(N=Nc2c(C)[nH]n(C(=S)NN)c2=O)cc1. The minimum absolute atomic E-state index is 0.0515. The molecule has 0 aliphatic rings. The highest BCUT2D eigenvalue weighted by molar-refractivity contribution is 7.80. The molecule has 0 saturated carbocycles. The number of rotatable bonds is 4. The van der Waals surface area contributed by atoms with Crippen LogP contribution in [-0.4, -0.2) is 21.5 Å². The van der Waals surface area contributed by atoms with Crippen LogP contribution in [0.1, 0.15) is 12.6 Å². The second-order valence-electron chi connectivity index (χ2n) is 4.30. The number of H-pyrrole nitrogens is 1. The van der Waals surface area contributed by atoms with Gasteiger partial charge in [0.05, 0.1) is 18.0 Å². The first-order chi connectivity index (χ1) is 10.6. The smallest absolute Gasteiger partial charge is 0.301 e. The van der Waals surface area contributed by atoms with E-state index in [1.54, 1.807) is 31.2 Å². The predicted molar refractivity (Wildman–Crippen MR) is 86.9 cm³/mol. The first kappa shape index (κ1) is 15.9. The lowest BCUT2D eigenvalue weighted by Crippen LogP contribution is -2.39. The number of ether oxygens (including phenoxy) is 1. The van der Waals surface area contributed by atoms with Gasteiger partial charge in [-0.1, -0.05) is 0 Å². The molecule has 1 aromatic carbocycles. The van der Waals surface area contributed by atoms with Gasteiger partial charge in [0.15, 0.2) is 5.69 Å². The van der Waals surface area contributed by atoms with Crippen LogP contribution >= 0.6 is 12.2 Å². The van der Waals surface area contributed by atoms with Crippen molar-refractivity contribution >= 4 is 28.7 Å². The molecule has 2 aromatic rings. The van der Waals surface area contributed by atoms with Gasteiger partial charge in [-0.15, -0.1) is 5.11 Å². The van der Waals surface area contributed by atoms with Crippen LogP contribution in [-0.2, 0) is 0 Å². The number of azo groups is 1. The summed E-state index contributed by atoms with van der Waals surface area (Å²) >= 11 is 4.91. The van der Waals surface area contributed by atoms with E-state index >= 15 is 0 Å². The summed E-state index contributed by atoms with van der Waals surface area (Å²) in [6.45, 7) is 4.20. The molecule has 0 radical (unpaired) electrons. The Morgan fingerprint density at radius 2 is 2.09 bits per heavy atom. The monoisotopic (exact) mass is 320 g/mol. The van der Waals surface area contributed by atoms with Crippen LogP contribution in [0.15, 0.2) is 39.3 Å². The molecule has 9 heteroatoms. The minimum atomic E-state index is -0.421. The number of hydrogen-bond donors (Lipinski definition) is 3. The van der Waals surface area contributed by atoms with Gasteiger partial charge in [-0.05, 0) is 50.3 Å². The Balaban J connectivity index is 2.25. The summed E-state index contributed by atoms with van der Waals surface area (Å²) < 4.78 is 6.43. The molecule has 1 aromatic heterocycles. The van der Waals surface area contributed by atoms with Crippen molar-refractivity contribution in [3.05, 3.63) is 40.3 Å². The van der Waals surface area contributed by atoms with Crippen molar-refractivity contribution in [2.24, 2.45) is 16.1 Å². The Morgan fingerprint density at radius 3 is 2.68 bits per heavy atom. The maximum Gasteiger partial charge on any atom is 0.301 e. The van der Waals surface area contributed by atoms with Crippen molar-refractivity contribution in [1.82, 2.24) is 15.2 Å². The molecule has 116 valence electrons. The van der Waals surface area contributed by atoms with Crippen molar-refractivity contribution in [3.63, 3.8) is 0 Å². The molecule has 0 saturated heterocycles. The van der Waals surface area contributed by atoms with Crippen molar-refractivity contribution < 1.29 is 4.74 Å². The van der Waals surface area contributed by atoms with E-state index in [2.05, 4.69) is 20.8 Å². The Labute approximate surface area is 131 Å². The molecule has 0 amide bonds. The second-order valence-corrected chi connectivity index (χ2v) is 4.69. The molecule has 22 heavy (non-hydrogen) atoms. The standard InChI is InChI=1S/C13H16N6O2S/c1-3-21-10-6-4-9(5-7-10)16-17-11-8(2)18-19(12(11)20)13(22)15-14/h4-7,18H,3,14H2,1-2H3,(H,15,22). The molecule has 0 aliphatic carbocycles. The molecule has 0 unspecified atom stereocenters. The van der Waals surface area contributed by atoms with Crippen LogP contribution in [0.25, 0.3) is 0 Å². The molecular formula is C13H16N6O2S. The summed E-state index contributed by atoms with van der Waals surface area (Å²) in [5, 5.41) is 10.8. The van der Waals surface area contributed by atoms with Gasteiger partial charge in [0, 0.05) is 0 Å². The summed E-state index contributed by atoms with van der Waals surface area (Å²) in [5.74, 6) is 5.95. The second kappa shape index (κ2) is 6.96. The van der Waals surface area contributed by atoms with E-state index in [4.69, 9.17) is 22.8 Å². The summed E-state index contributed by atoms with van der Waals surface area (Å²) in [6, 6.07) is 7.07. The van der Waals surface area contributed by atoms with Gasteiger partial charge in [0.25, 0.3) is 0 Å². The number of aromatic amines is 1.